The van der Waals surface area contributed by atoms with Crippen LogP contribution >= 0.6 is 0 Å². The second kappa shape index (κ2) is 13.7. The van der Waals surface area contributed by atoms with Crippen LogP contribution in [-0.4, -0.2) is 55.0 Å². The van der Waals surface area contributed by atoms with Crippen LogP contribution in [0.25, 0.3) is 0 Å². The smallest absolute Gasteiger partial charge is 0.119 e. The molecule has 0 fully saturated rings. The summed E-state index contributed by atoms with van der Waals surface area (Å²) in [6.07, 6.45) is 0. The summed E-state index contributed by atoms with van der Waals surface area (Å²) in [7, 11) is 0. The second-order valence-electron chi connectivity index (χ2n) is 10.6. The normalized spacial score (nSPS) is 11.8. The summed E-state index contributed by atoms with van der Waals surface area (Å²) in [4.78, 5) is 0. The van der Waals surface area contributed by atoms with Crippen molar-refractivity contribution in [3.8, 4) is 17.2 Å². The largest absolute Gasteiger partial charge is 0.491 e. The van der Waals surface area contributed by atoms with Gasteiger partial charge in [0.1, 0.15) is 37.1 Å². The molecule has 0 unspecified atom stereocenters. The zero-order valence-electron chi connectivity index (χ0n) is 24.0. The van der Waals surface area contributed by atoms with E-state index in [-0.39, 0.29) is 45.1 Å². The van der Waals surface area contributed by atoms with Crippen LogP contribution in [0.1, 0.15) is 48.6 Å². The molecule has 0 aliphatic heterocycles. The number of aliphatic hydroxyl groups is 3. The Morgan fingerprint density at radius 2 is 0.659 bits per heavy atom. The van der Waals surface area contributed by atoms with Gasteiger partial charge in [-0.3, -0.25) is 0 Å². The summed E-state index contributed by atoms with van der Waals surface area (Å²) >= 11 is 0. The summed E-state index contributed by atoms with van der Waals surface area (Å²) < 4.78 is 16.7. The zero-order chi connectivity index (χ0) is 29.3. The summed E-state index contributed by atoms with van der Waals surface area (Å²) in [6.45, 7) is 7.33. The lowest BCUT2D eigenvalue weighted by atomic mass is 9.70. The van der Waals surface area contributed by atoms with E-state index in [0.29, 0.717) is 11.5 Å². The Morgan fingerprint density at radius 1 is 0.415 bits per heavy atom. The van der Waals surface area contributed by atoms with E-state index in [4.69, 9.17) is 29.5 Å². The predicted molar refractivity (Wildman–Crippen MR) is 161 cm³/mol. The van der Waals surface area contributed by atoms with Crippen LogP contribution in [0.15, 0.2) is 97.1 Å². The Hall–Kier alpha value is -3.84. The number of ether oxygens (including phenoxy) is 3. The maximum atomic E-state index is 9.12. The number of hydrogen-bond donors (Lipinski definition) is 3. The van der Waals surface area contributed by atoms with Crippen molar-refractivity contribution in [2.45, 2.75) is 31.6 Å². The summed E-state index contributed by atoms with van der Waals surface area (Å²) in [6, 6.07) is 32.9. The van der Waals surface area contributed by atoms with Crippen molar-refractivity contribution in [2.75, 3.05) is 39.6 Å². The van der Waals surface area contributed by atoms with Crippen LogP contribution in [0.5, 0.6) is 17.2 Å². The third kappa shape index (κ3) is 6.91. The topological polar surface area (TPSA) is 88.4 Å². The Morgan fingerprint density at radius 3 is 0.951 bits per heavy atom. The lowest BCUT2D eigenvalue weighted by Gasteiger charge is -2.33. The van der Waals surface area contributed by atoms with Crippen LogP contribution in [0.2, 0.25) is 0 Å². The van der Waals surface area contributed by atoms with Crippen molar-refractivity contribution in [3.05, 3.63) is 125 Å². The van der Waals surface area contributed by atoms with E-state index in [2.05, 4.69) is 81.4 Å². The van der Waals surface area contributed by atoms with Gasteiger partial charge in [-0.05, 0) is 71.1 Å². The van der Waals surface area contributed by atoms with Crippen LogP contribution in [0, 0.1) is 0 Å². The van der Waals surface area contributed by atoms with Crippen LogP contribution < -0.4 is 14.2 Å². The highest BCUT2D eigenvalue weighted by molar-refractivity contribution is 5.52. The summed E-state index contributed by atoms with van der Waals surface area (Å²) in [5.41, 5.74) is 4.99. The van der Waals surface area contributed by atoms with Crippen molar-refractivity contribution in [1.29, 1.82) is 0 Å². The molecular weight excluding hydrogens is 516 g/mol. The molecule has 216 valence electrons. The van der Waals surface area contributed by atoms with Crippen molar-refractivity contribution < 1.29 is 29.5 Å². The lowest BCUT2D eigenvalue weighted by Crippen LogP contribution is -2.26. The number of hydrogen-bond acceptors (Lipinski definition) is 6. The molecule has 0 amide bonds. The first-order chi connectivity index (χ1) is 19.8. The van der Waals surface area contributed by atoms with Gasteiger partial charge in [0, 0.05) is 10.8 Å². The van der Waals surface area contributed by atoms with Crippen LogP contribution in [-0.2, 0) is 10.8 Å². The number of rotatable bonds is 14. The van der Waals surface area contributed by atoms with E-state index in [9.17, 15) is 0 Å². The molecule has 4 rings (SSSR count). The van der Waals surface area contributed by atoms with E-state index < -0.39 is 5.41 Å². The summed E-state index contributed by atoms with van der Waals surface area (Å²) in [5.74, 6) is 2.16. The van der Waals surface area contributed by atoms with Gasteiger partial charge >= 0.3 is 0 Å². The molecule has 4 aromatic carbocycles. The minimum absolute atomic E-state index is 0.0121. The molecule has 0 saturated heterocycles. The quantitative estimate of drug-likeness (QED) is 0.178. The molecule has 0 heterocycles. The Balaban J connectivity index is 1.68. The van der Waals surface area contributed by atoms with E-state index in [0.717, 1.165) is 22.4 Å². The standard InChI is InChI=1S/C35H40O6/c1-34(2,27-8-14-31(15-9-27)39-23-20-36)26-4-6-28(7-5-26)35(3,29-10-16-32(17-11-29)40-24-21-37)30-12-18-33(19-13-30)41-25-22-38/h4-19,36-38H,20-25H2,1-3H3. The molecule has 0 radical (unpaired) electrons. The molecule has 6 heteroatoms. The van der Waals surface area contributed by atoms with Gasteiger partial charge in [-0.2, -0.15) is 0 Å². The third-order valence-electron chi connectivity index (χ3n) is 7.70. The zero-order valence-corrected chi connectivity index (χ0v) is 24.0. The molecule has 0 aliphatic rings. The average Bonchev–Trinajstić information content (AvgIpc) is 3.02. The van der Waals surface area contributed by atoms with Crippen molar-refractivity contribution in [2.24, 2.45) is 0 Å². The molecule has 0 atom stereocenters. The van der Waals surface area contributed by atoms with E-state index in [1.165, 1.54) is 11.1 Å². The molecule has 0 aromatic heterocycles. The molecule has 0 spiro atoms. The number of benzene rings is 4. The maximum absolute atomic E-state index is 9.12. The van der Waals surface area contributed by atoms with Crippen molar-refractivity contribution in [3.63, 3.8) is 0 Å². The first-order valence-corrected chi connectivity index (χ1v) is 14.0. The van der Waals surface area contributed by atoms with Crippen LogP contribution in [0.4, 0.5) is 0 Å². The van der Waals surface area contributed by atoms with Crippen LogP contribution in [0.3, 0.4) is 0 Å². The fraction of sp³-hybridized carbons (Fsp3) is 0.314. The van der Waals surface area contributed by atoms with Crippen molar-refractivity contribution >= 4 is 0 Å². The predicted octanol–water partition coefficient (Wildman–Crippen LogP) is 5.48. The van der Waals surface area contributed by atoms with E-state index in [1.807, 2.05) is 36.4 Å². The SMILES string of the molecule is CC(C)(c1ccc(OCCO)cc1)c1ccc(C(C)(c2ccc(OCCO)cc2)c2ccc(OCCO)cc2)cc1. The minimum Gasteiger partial charge on any atom is -0.491 e. The molecule has 3 N–H and O–H groups in total. The molecule has 0 bridgehead atoms. The first-order valence-electron chi connectivity index (χ1n) is 14.0. The third-order valence-corrected chi connectivity index (χ3v) is 7.70. The first kappa shape index (κ1) is 30.1. The summed E-state index contributed by atoms with van der Waals surface area (Å²) in [5, 5.41) is 27.3. The van der Waals surface area contributed by atoms with Gasteiger partial charge < -0.3 is 29.5 Å². The number of aliphatic hydroxyl groups excluding tert-OH is 3. The highest BCUT2D eigenvalue weighted by Gasteiger charge is 2.32. The van der Waals surface area contributed by atoms with Gasteiger partial charge in [0.2, 0.25) is 0 Å². The highest BCUT2D eigenvalue weighted by atomic mass is 16.5. The van der Waals surface area contributed by atoms with Gasteiger partial charge in [0.05, 0.1) is 19.8 Å². The van der Waals surface area contributed by atoms with Gasteiger partial charge in [-0.1, -0.05) is 74.5 Å². The molecule has 0 aliphatic carbocycles. The Labute approximate surface area is 242 Å². The molecule has 41 heavy (non-hydrogen) atoms. The van der Waals surface area contributed by atoms with Gasteiger partial charge in [0.25, 0.3) is 0 Å². The minimum atomic E-state index is -0.473. The maximum Gasteiger partial charge on any atom is 0.119 e. The molecule has 0 saturated carbocycles. The van der Waals surface area contributed by atoms with Crippen molar-refractivity contribution in [1.82, 2.24) is 0 Å². The fourth-order valence-electron chi connectivity index (χ4n) is 5.11. The van der Waals surface area contributed by atoms with Gasteiger partial charge in [0.15, 0.2) is 0 Å². The van der Waals surface area contributed by atoms with Gasteiger partial charge in [-0.15, -0.1) is 0 Å². The average molecular weight is 557 g/mol. The monoisotopic (exact) mass is 556 g/mol. The molecular formula is C35H40O6. The fourth-order valence-corrected chi connectivity index (χ4v) is 5.11. The Bertz CT molecular complexity index is 1290. The lowest BCUT2D eigenvalue weighted by molar-refractivity contribution is 0.201. The second-order valence-corrected chi connectivity index (χ2v) is 10.6. The van der Waals surface area contributed by atoms with Gasteiger partial charge in [-0.25, -0.2) is 0 Å². The molecule has 6 nitrogen and oxygen atoms in total. The Kier molecular flexibility index (Phi) is 10.1. The molecule has 4 aromatic rings. The van der Waals surface area contributed by atoms with E-state index in [1.54, 1.807) is 0 Å². The van der Waals surface area contributed by atoms with E-state index >= 15 is 0 Å². The highest BCUT2D eigenvalue weighted by Crippen LogP contribution is 2.41.